The van der Waals surface area contributed by atoms with Crippen LogP contribution in [0.3, 0.4) is 0 Å². The van der Waals surface area contributed by atoms with Crippen molar-refractivity contribution in [1.29, 1.82) is 0 Å². The van der Waals surface area contributed by atoms with E-state index in [-0.39, 0.29) is 0 Å². The van der Waals surface area contributed by atoms with Crippen molar-refractivity contribution in [2.24, 2.45) is 0 Å². The first-order valence-electron chi connectivity index (χ1n) is 6.56. The van der Waals surface area contributed by atoms with E-state index >= 15 is 0 Å². The average molecular weight is 239 g/mol. The Morgan fingerprint density at radius 1 is 1.35 bits per heavy atom. The predicted molar refractivity (Wildman–Crippen MR) is 69.9 cm³/mol. The summed E-state index contributed by atoms with van der Waals surface area (Å²) in [7, 11) is 0. The summed E-state index contributed by atoms with van der Waals surface area (Å²) in [6.45, 7) is 8.84. The lowest BCUT2D eigenvalue weighted by atomic mass is 10.0. The van der Waals surface area contributed by atoms with E-state index < -0.39 is 5.60 Å². The summed E-state index contributed by atoms with van der Waals surface area (Å²) in [6.07, 6.45) is 6.56. The third-order valence-electron chi connectivity index (χ3n) is 2.88. The van der Waals surface area contributed by atoms with Crippen LogP contribution >= 0.6 is 0 Å². The second-order valence-corrected chi connectivity index (χ2v) is 4.72. The van der Waals surface area contributed by atoms with Crippen LogP contribution < -0.4 is 5.32 Å². The topological polar surface area (TPSA) is 50.1 Å². The molecule has 0 saturated carbocycles. The highest BCUT2D eigenvalue weighted by Gasteiger charge is 2.27. The molecular formula is C13H25N3O. The quantitative estimate of drug-likeness (QED) is 0.681. The van der Waals surface area contributed by atoms with Crippen molar-refractivity contribution in [3.63, 3.8) is 0 Å². The molecule has 4 heteroatoms. The second kappa shape index (κ2) is 6.77. The van der Waals surface area contributed by atoms with E-state index in [0.717, 1.165) is 38.3 Å². The minimum atomic E-state index is -0.848. The second-order valence-electron chi connectivity index (χ2n) is 4.72. The highest BCUT2D eigenvalue weighted by Crippen LogP contribution is 2.22. The molecule has 0 aromatic carbocycles. The third kappa shape index (κ3) is 4.13. The molecule has 4 nitrogen and oxygen atoms in total. The maximum Gasteiger partial charge on any atom is 0.140 e. The Hall–Kier alpha value is -0.870. The molecule has 0 radical (unpaired) electrons. The molecule has 98 valence electrons. The van der Waals surface area contributed by atoms with Gasteiger partial charge in [0, 0.05) is 18.9 Å². The number of nitrogens with zero attached hydrogens (tertiary/aromatic N) is 2. The lowest BCUT2D eigenvalue weighted by Crippen LogP contribution is -2.31. The van der Waals surface area contributed by atoms with Gasteiger partial charge in [-0.15, -0.1) is 0 Å². The van der Waals surface area contributed by atoms with Crippen LogP contribution in [0, 0.1) is 0 Å². The van der Waals surface area contributed by atoms with E-state index in [1.807, 2.05) is 17.7 Å². The van der Waals surface area contributed by atoms with Gasteiger partial charge in [-0.25, -0.2) is 4.98 Å². The molecular weight excluding hydrogens is 214 g/mol. The molecule has 17 heavy (non-hydrogen) atoms. The maximum atomic E-state index is 10.5. The Morgan fingerprint density at radius 3 is 2.76 bits per heavy atom. The lowest BCUT2D eigenvalue weighted by molar-refractivity contribution is 0.0351. The third-order valence-corrected chi connectivity index (χ3v) is 2.88. The summed E-state index contributed by atoms with van der Waals surface area (Å²) < 4.78 is 2.04. The van der Waals surface area contributed by atoms with E-state index in [1.165, 1.54) is 0 Å². The molecule has 2 N–H and O–H groups in total. The molecule has 0 amide bonds. The van der Waals surface area contributed by atoms with Gasteiger partial charge in [0.15, 0.2) is 0 Å². The van der Waals surface area contributed by atoms with Gasteiger partial charge in [-0.1, -0.05) is 13.8 Å². The van der Waals surface area contributed by atoms with Crippen molar-refractivity contribution < 1.29 is 5.11 Å². The summed E-state index contributed by atoms with van der Waals surface area (Å²) in [4.78, 5) is 4.29. The van der Waals surface area contributed by atoms with Gasteiger partial charge in [0.25, 0.3) is 0 Å². The molecule has 1 unspecified atom stereocenters. The van der Waals surface area contributed by atoms with Crippen molar-refractivity contribution >= 4 is 0 Å². The number of imidazole rings is 1. The van der Waals surface area contributed by atoms with E-state index in [0.29, 0.717) is 6.42 Å². The number of hydrogen-bond acceptors (Lipinski definition) is 3. The summed E-state index contributed by atoms with van der Waals surface area (Å²) in [5.41, 5.74) is -0.848. The number of aliphatic hydroxyl groups is 1. The summed E-state index contributed by atoms with van der Waals surface area (Å²) >= 11 is 0. The van der Waals surface area contributed by atoms with Gasteiger partial charge in [-0.3, -0.25) is 0 Å². The first-order chi connectivity index (χ1) is 8.11. The van der Waals surface area contributed by atoms with Crippen LogP contribution in [-0.4, -0.2) is 27.7 Å². The van der Waals surface area contributed by atoms with Gasteiger partial charge in [0.2, 0.25) is 0 Å². The maximum absolute atomic E-state index is 10.5. The van der Waals surface area contributed by atoms with Gasteiger partial charge in [-0.2, -0.15) is 0 Å². The molecule has 0 aliphatic rings. The van der Waals surface area contributed by atoms with Crippen LogP contribution in [0.2, 0.25) is 0 Å². The standard InChI is InChI=1S/C13H25N3O/c1-4-7-14-8-6-13(3,17)12-15-9-11-16(12)10-5-2/h9,11,14,17H,4-8,10H2,1-3H3. The van der Waals surface area contributed by atoms with Gasteiger partial charge in [-0.05, 0) is 39.3 Å². The largest absolute Gasteiger partial charge is 0.382 e. The molecule has 0 saturated heterocycles. The molecule has 1 aromatic heterocycles. The van der Waals surface area contributed by atoms with Crippen molar-refractivity contribution in [2.45, 2.75) is 52.2 Å². The van der Waals surface area contributed by atoms with E-state index in [9.17, 15) is 5.11 Å². The van der Waals surface area contributed by atoms with Crippen LogP contribution in [0.15, 0.2) is 12.4 Å². The van der Waals surface area contributed by atoms with Crippen molar-refractivity contribution in [3.8, 4) is 0 Å². The Balaban J connectivity index is 2.58. The molecule has 1 heterocycles. The summed E-state index contributed by atoms with van der Waals surface area (Å²) in [5.74, 6) is 0.776. The highest BCUT2D eigenvalue weighted by molar-refractivity contribution is 5.03. The predicted octanol–water partition coefficient (Wildman–Crippen LogP) is 1.89. The van der Waals surface area contributed by atoms with Crippen LogP contribution in [0.1, 0.15) is 45.9 Å². The monoisotopic (exact) mass is 239 g/mol. The van der Waals surface area contributed by atoms with Gasteiger partial charge in [0.05, 0.1) is 0 Å². The minimum absolute atomic E-state index is 0.688. The van der Waals surface area contributed by atoms with E-state index in [1.54, 1.807) is 6.20 Å². The molecule has 0 aliphatic heterocycles. The summed E-state index contributed by atoms with van der Waals surface area (Å²) in [6, 6.07) is 0. The van der Waals surface area contributed by atoms with E-state index in [2.05, 4.69) is 24.1 Å². The number of hydrogen-bond donors (Lipinski definition) is 2. The number of rotatable bonds is 8. The van der Waals surface area contributed by atoms with E-state index in [4.69, 9.17) is 0 Å². The molecule has 0 fully saturated rings. The first kappa shape index (κ1) is 14.2. The molecule has 0 bridgehead atoms. The minimum Gasteiger partial charge on any atom is -0.382 e. The smallest absolute Gasteiger partial charge is 0.140 e. The van der Waals surface area contributed by atoms with Gasteiger partial charge < -0.3 is 15.0 Å². The Labute approximate surface area is 104 Å². The zero-order valence-electron chi connectivity index (χ0n) is 11.2. The van der Waals surface area contributed by atoms with Crippen LogP contribution in [-0.2, 0) is 12.1 Å². The SMILES string of the molecule is CCCNCCC(C)(O)c1nccn1CCC. The molecule has 1 aromatic rings. The summed E-state index contributed by atoms with van der Waals surface area (Å²) in [5, 5.41) is 13.8. The zero-order chi connectivity index (χ0) is 12.7. The zero-order valence-corrected chi connectivity index (χ0v) is 11.2. The molecule has 0 spiro atoms. The van der Waals surface area contributed by atoms with Crippen molar-refractivity contribution in [1.82, 2.24) is 14.9 Å². The molecule has 1 atom stereocenters. The fourth-order valence-electron chi connectivity index (χ4n) is 1.94. The molecule has 0 aliphatic carbocycles. The number of aromatic nitrogens is 2. The molecule has 1 rings (SSSR count). The van der Waals surface area contributed by atoms with Gasteiger partial charge >= 0.3 is 0 Å². The van der Waals surface area contributed by atoms with Crippen LogP contribution in [0.5, 0.6) is 0 Å². The normalized spacial score (nSPS) is 14.8. The first-order valence-corrected chi connectivity index (χ1v) is 6.56. The van der Waals surface area contributed by atoms with Gasteiger partial charge in [0.1, 0.15) is 11.4 Å². The number of nitrogens with one attached hydrogen (secondary N) is 1. The van der Waals surface area contributed by atoms with Crippen molar-refractivity contribution in [2.75, 3.05) is 13.1 Å². The number of aryl methyl sites for hydroxylation is 1. The lowest BCUT2D eigenvalue weighted by Gasteiger charge is -2.24. The van der Waals surface area contributed by atoms with Crippen LogP contribution in [0.25, 0.3) is 0 Å². The Bertz CT molecular complexity index is 320. The average Bonchev–Trinajstić information content (AvgIpc) is 2.74. The fraction of sp³-hybridized carbons (Fsp3) is 0.769. The van der Waals surface area contributed by atoms with Crippen LogP contribution in [0.4, 0.5) is 0 Å². The fourth-order valence-corrected chi connectivity index (χ4v) is 1.94. The van der Waals surface area contributed by atoms with Crippen molar-refractivity contribution in [3.05, 3.63) is 18.2 Å². The highest BCUT2D eigenvalue weighted by atomic mass is 16.3. The Kier molecular flexibility index (Phi) is 5.65. The Morgan fingerprint density at radius 2 is 2.12 bits per heavy atom.